The summed E-state index contributed by atoms with van der Waals surface area (Å²) in [7, 11) is 1.58. The van der Waals surface area contributed by atoms with Crippen LogP contribution >= 0.6 is 0 Å². The molecule has 0 heterocycles. The molecule has 1 atom stereocenters. The van der Waals surface area contributed by atoms with Crippen molar-refractivity contribution in [2.75, 3.05) is 7.11 Å². The fraction of sp³-hybridized carbons (Fsp3) is 0.263. The zero-order chi connectivity index (χ0) is 18.2. The van der Waals surface area contributed by atoms with Gasteiger partial charge in [0.25, 0.3) is 0 Å². The van der Waals surface area contributed by atoms with Crippen LogP contribution in [0.3, 0.4) is 0 Å². The highest BCUT2D eigenvalue weighted by atomic mass is 19.1. The number of aliphatic carboxylic acids is 1. The second-order valence-electron chi connectivity index (χ2n) is 5.62. The first kappa shape index (κ1) is 18.4. The normalized spacial score (nSPS) is 11.6. The van der Waals surface area contributed by atoms with Gasteiger partial charge in [-0.25, -0.2) is 4.39 Å². The Balaban J connectivity index is 1.96. The lowest BCUT2D eigenvalue weighted by Crippen LogP contribution is -2.30. The van der Waals surface area contributed by atoms with E-state index >= 15 is 0 Å². The van der Waals surface area contributed by atoms with Crippen LogP contribution in [-0.2, 0) is 16.0 Å². The van der Waals surface area contributed by atoms with Crippen molar-refractivity contribution in [3.8, 4) is 5.75 Å². The van der Waals surface area contributed by atoms with Crippen LogP contribution in [0.5, 0.6) is 5.75 Å². The van der Waals surface area contributed by atoms with Gasteiger partial charge in [-0.1, -0.05) is 24.3 Å². The standard InChI is InChI=1S/C19H20FNO4/c1-25-16-9-2-13(3-10-16)4-11-18(22)21-17(12-19(23)24)14-5-7-15(20)8-6-14/h2-3,5-10,17H,4,11-12H2,1H3,(H,21,22)(H,23,24). The smallest absolute Gasteiger partial charge is 0.305 e. The average Bonchev–Trinajstić information content (AvgIpc) is 2.60. The Labute approximate surface area is 145 Å². The van der Waals surface area contributed by atoms with Crippen LogP contribution in [0, 0.1) is 5.82 Å². The third-order valence-electron chi connectivity index (χ3n) is 3.79. The third-order valence-corrected chi connectivity index (χ3v) is 3.79. The number of carboxylic acids is 1. The van der Waals surface area contributed by atoms with E-state index in [1.807, 2.05) is 24.3 Å². The van der Waals surface area contributed by atoms with Gasteiger partial charge in [0.15, 0.2) is 0 Å². The minimum Gasteiger partial charge on any atom is -0.497 e. The highest BCUT2D eigenvalue weighted by Gasteiger charge is 2.18. The van der Waals surface area contributed by atoms with Crippen molar-refractivity contribution in [2.24, 2.45) is 0 Å². The molecule has 0 aromatic heterocycles. The zero-order valence-electron chi connectivity index (χ0n) is 13.9. The molecule has 132 valence electrons. The summed E-state index contributed by atoms with van der Waals surface area (Å²) in [6.07, 6.45) is 0.489. The fourth-order valence-electron chi connectivity index (χ4n) is 2.44. The van der Waals surface area contributed by atoms with E-state index in [2.05, 4.69) is 5.32 Å². The number of hydrogen-bond acceptors (Lipinski definition) is 3. The summed E-state index contributed by atoms with van der Waals surface area (Å²) >= 11 is 0. The maximum Gasteiger partial charge on any atom is 0.305 e. The summed E-state index contributed by atoms with van der Waals surface area (Å²) in [5.74, 6) is -0.967. The van der Waals surface area contributed by atoms with Crippen molar-refractivity contribution in [1.29, 1.82) is 0 Å². The molecule has 0 saturated heterocycles. The number of ether oxygens (including phenoxy) is 1. The summed E-state index contributed by atoms with van der Waals surface area (Å²) in [6.45, 7) is 0. The van der Waals surface area contributed by atoms with Gasteiger partial charge in [-0.05, 0) is 41.8 Å². The van der Waals surface area contributed by atoms with Crippen LogP contribution in [-0.4, -0.2) is 24.1 Å². The lowest BCUT2D eigenvalue weighted by atomic mass is 10.0. The van der Waals surface area contributed by atoms with Crippen molar-refractivity contribution >= 4 is 11.9 Å². The quantitative estimate of drug-likeness (QED) is 0.771. The molecule has 0 aliphatic carbocycles. The maximum absolute atomic E-state index is 13.0. The average molecular weight is 345 g/mol. The molecule has 2 aromatic carbocycles. The molecule has 0 aliphatic heterocycles. The van der Waals surface area contributed by atoms with Gasteiger partial charge < -0.3 is 15.2 Å². The van der Waals surface area contributed by atoms with Crippen molar-refractivity contribution in [3.63, 3.8) is 0 Å². The van der Waals surface area contributed by atoms with Crippen molar-refractivity contribution < 1.29 is 23.8 Å². The molecule has 25 heavy (non-hydrogen) atoms. The zero-order valence-corrected chi connectivity index (χ0v) is 13.9. The first-order chi connectivity index (χ1) is 12.0. The second kappa shape index (κ2) is 8.82. The molecule has 1 unspecified atom stereocenters. The number of carboxylic acid groups (broad SMARTS) is 1. The SMILES string of the molecule is COc1ccc(CCC(=O)NC(CC(=O)O)c2ccc(F)cc2)cc1. The molecule has 2 N–H and O–H groups in total. The molecule has 2 rings (SSSR count). The van der Waals surface area contributed by atoms with E-state index in [1.54, 1.807) is 7.11 Å². The number of carbonyl (C=O) groups is 2. The van der Waals surface area contributed by atoms with Gasteiger partial charge in [-0.3, -0.25) is 9.59 Å². The van der Waals surface area contributed by atoms with Crippen LogP contribution in [0.4, 0.5) is 4.39 Å². The summed E-state index contributed by atoms with van der Waals surface area (Å²) in [4.78, 5) is 23.2. The molecule has 1 amide bonds. The summed E-state index contributed by atoms with van der Waals surface area (Å²) in [6, 6.07) is 12.1. The van der Waals surface area contributed by atoms with Gasteiger partial charge in [0, 0.05) is 6.42 Å². The molecular formula is C19H20FNO4. The van der Waals surface area contributed by atoms with E-state index in [1.165, 1.54) is 24.3 Å². The molecule has 0 fully saturated rings. The highest BCUT2D eigenvalue weighted by Crippen LogP contribution is 2.18. The molecule has 0 radical (unpaired) electrons. The number of benzene rings is 2. The first-order valence-electron chi connectivity index (χ1n) is 7.87. The van der Waals surface area contributed by atoms with Gasteiger partial charge in [0.05, 0.1) is 19.6 Å². The van der Waals surface area contributed by atoms with E-state index < -0.39 is 17.8 Å². The van der Waals surface area contributed by atoms with Gasteiger partial charge in [0.1, 0.15) is 11.6 Å². The lowest BCUT2D eigenvalue weighted by Gasteiger charge is -2.17. The molecule has 2 aromatic rings. The Bertz CT molecular complexity index is 713. The summed E-state index contributed by atoms with van der Waals surface area (Å²) < 4.78 is 18.1. The Morgan fingerprint density at radius 1 is 1.12 bits per heavy atom. The second-order valence-corrected chi connectivity index (χ2v) is 5.62. The van der Waals surface area contributed by atoms with Crippen molar-refractivity contribution in [1.82, 2.24) is 5.32 Å². The Morgan fingerprint density at radius 2 is 1.76 bits per heavy atom. The van der Waals surface area contributed by atoms with Crippen LogP contribution in [0.1, 0.15) is 30.0 Å². The number of amides is 1. The first-order valence-corrected chi connectivity index (χ1v) is 7.87. The largest absolute Gasteiger partial charge is 0.497 e. The van der Waals surface area contributed by atoms with E-state index in [-0.39, 0.29) is 18.7 Å². The maximum atomic E-state index is 13.0. The van der Waals surface area contributed by atoms with E-state index in [4.69, 9.17) is 9.84 Å². The predicted octanol–water partition coefficient (Wildman–Crippen LogP) is 3.10. The number of halogens is 1. The Hall–Kier alpha value is -2.89. The van der Waals surface area contributed by atoms with E-state index in [9.17, 15) is 14.0 Å². The molecular weight excluding hydrogens is 325 g/mol. The topological polar surface area (TPSA) is 75.6 Å². The van der Waals surface area contributed by atoms with Crippen LogP contribution < -0.4 is 10.1 Å². The fourth-order valence-corrected chi connectivity index (χ4v) is 2.44. The Kier molecular flexibility index (Phi) is 6.51. The summed E-state index contributed by atoms with van der Waals surface area (Å²) in [5.41, 5.74) is 1.54. The van der Waals surface area contributed by atoms with Crippen LogP contribution in [0.2, 0.25) is 0 Å². The highest BCUT2D eigenvalue weighted by molar-refractivity contribution is 5.78. The molecule has 0 spiro atoms. The molecule has 0 aliphatic rings. The number of aryl methyl sites for hydroxylation is 1. The Morgan fingerprint density at radius 3 is 2.32 bits per heavy atom. The molecule has 0 saturated carbocycles. The van der Waals surface area contributed by atoms with E-state index in [0.717, 1.165) is 11.3 Å². The minimum atomic E-state index is -1.04. The third kappa shape index (κ3) is 5.91. The number of nitrogens with one attached hydrogen (secondary N) is 1. The van der Waals surface area contributed by atoms with Gasteiger partial charge in [-0.2, -0.15) is 0 Å². The summed E-state index contributed by atoms with van der Waals surface area (Å²) in [5, 5.41) is 11.7. The number of carbonyl (C=O) groups excluding carboxylic acids is 1. The lowest BCUT2D eigenvalue weighted by molar-refractivity contribution is -0.137. The van der Waals surface area contributed by atoms with Gasteiger partial charge in [-0.15, -0.1) is 0 Å². The van der Waals surface area contributed by atoms with Crippen LogP contribution in [0.15, 0.2) is 48.5 Å². The van der Waals surface area contributed by atoms with Crippen LogP contribution in [0.25, 0.3) is 0 Å². The number of rotatable bonds is 8. The predicted molar refractivity (Wildman–Crippen MR) is 90.9 cm³/mol. The van der Waals surface area contributed by atoms with Crippen molar-refractivity contribution in [2.45, 2.75) is 25.3 Å². The van der Waals surface area contributed by atoms with E-state index in [0.29, 0.717) is 12.0 Å². The van der Waals surface area contributed by atoms with Crippen molar-refractivity contribution in [3.05, 3.63) is 65.5 Å². The molecule has 5 nitrogen and oxygen atoms in total. The number of hydrogen-bond donors (Lipinski definition) is 2. The molecule has 0 bridgehead atoms. The van der Waals surface area contributed by atoms with Gasteiger partial charge >= 0.3 is 5.97 Å². The number of methoxy groups -OCH3 is 1. The van der Waals surface area contributed by atoms with Gasteiger partial charge in [0.2, 0.25) is 5.91 Å². The molecule has 6 heteroatoms. The monoisotopic (exact) mass is 345 g/mol. The minimum absolute atomic E-state index is 0.226.